The van der Waals surface area contributed by atoms with E-state index in [4.69, 9.17) is 4.74 Å². The number of imidazole rings is 1. The molecule has 1 amide bonds. The van der Waals surface area contributed by atoms with Crippen molar-refractivity contribution in [3.8, 4) is 0 Å². The third kappa shape index (κ3) is 2.61. The van der Waals surface area contributed by atoms with Gasteiger partial charge in [0.05, 0.1) is 13.0 Å². The van der Waals surface area contributed by atoms with Gasteiger partial charge in [-0.05, 0) is 25.0 Å². The maximum absolute atomic E-state index is 12.4. The summed E-state index contributed by atoms with van der Waals surface area (Å²) in [4.78, 5) is 30.0. The van der Waals surface area contributed by atoms with Crippen LogP contribution in [0, 0.1) is 5.92 Å². The molecule has 0 spiro atoms. The molecule has 21 heavy (non-hydrogen) atoms. The number of aromatic nitrogens is 2. The molecule has 1 saturated heterocycles. The van der Waals surface area contributed by atoms with Gasteiger partial charge in [-0.3, -0.25) is 9.59 Å². The van der Waals surface area contributed by atoms with Gasteiger partial charge in [0.15, 0.2) is 0 Å². The van der Waals surface area contributed by atoms with E-state index in [1.54, 1.807) is 11.1 Å². The van der Waals surface area contributed by atoms with Gasteiger partial charge in [-0.1, -0.05) is 6.07 Å². The molecule has 0 atom stereocenters. The van der Waals surface area contributed by atoms with Crippen molar-refractivity contribution < 1.29 is 14.3 Å². The van der Waals surface area contributed by atoms with Crippen LogP contribution in [-0.4, -0.2) is 46.4 Å². The van der Waals surface area contributed by atoms with E-state index in [1.807, 2.05) is 28.8 Å². The van der Waals surface area contributed by atoms with Crippen LogP contribution in [0.15, 0.2) is 30.6 Å². The number of ether oxygens (including phenoxy) is 1. The van der Waals surface area contributed by atoms with Crippen LogP contribution in [0.5, 0.6) is 0 Å². The third-order valence-corrected chi connectivity index (χ3v) is 3.90. The van der Waals surface area contributed by atoms with Gasteiger partial charge in [0.25, 0.3) is 5.91 Å². The zero-order valence-electron chi connectivity index (χ0n) is 11.9. The molecule has 0 saturated carbocycles. The van der Waals surface area contributed by atoms with Crippen molar-refractivity contribution in [1.82, 2.24) is 14.3 Å². The number of pyridine rings is 1. The summed E-state index contributed by atoms with van der Waals surface area (Å²) in [5.74, 6) is -0.364. The van der Waals surface area contributed by atoms with E-state index in [0.29, 0.717) is 31.6 Å². The minimum absolute atomic E-state index is 0.0815. The quantitative estimate of drug-likeness (QED) is 0.782. The Balaban J connectivity index is 1.70. The number of carbonyl (C=O) groups is 2. The number of piperidine rings is 1. The first kappa shape index (κ1) is 13.6. The highest BCUT2D eigenvalue weighted by Crippen LogP contribution is 2.20. The molecule has 0 radical (unpaired) electrons. The molecule has 3 rings (SSSR count). The second kappa shape index (κ2) is 5.55. The lowest BCUT2D eigenvalue weighted by Crippen LogP contribution is -2.40. The number of esters is 1. The number of likely N-dealkylation sites (tertiary alicyclic amines) is 1. The van der Waals surface area contributed by atoms with Crippen molar-refractivity contribution >= 4 is 17.5 Å². The first-order chi connectivity index (χ1) is 10.2. The smallest absolute Gasteiger partial charge is 0.308 e. The first-order valence-electron chi connectivity index (χ1n) is 7.00. The Bertz CT molecular complexity index is 639. The highest BCUT2D eigenvalue weighted by Gasteiger charge is 2.29. The Morgan fingerprint density at radius 2 is 2.05 bits per heavy atom. The molecular weight excluding hydrogens is 270 g/mol. The summed E-state index contributed by atoms with van der Waals surface area (Å²) in [6.45, 7) is 1.12. The summed E-state index contributed by atoms with van der Waals surface area (Å²) in [6.07, 6.45) is 4.89. The number of carbonyl (C=O) groups excluding carboxylic acids is 2. The van der Waals surface area contributed by atoms with Crippen LogP contribution in [-0.2, 0) is 9.53 Å². The predicted molar refractivity (Wildman–Crippen MR) is 75.8 cm³/mol. The summed E-state index contributed by atoms with van der Waals surface area (Å²) >= 11 is 0. The molecule has 1 aliphatic heterocycles. The number of amides is 1. The molecule has 2 aromatic heterocycles. The van der Waals surface area contributed by atoms with Gasteiger partial charge < -0.3 is 14.0 Å². The number of methoxy groups -OCH3 is 1. The van der Waals surface area contributed by atoms with Crippen LogP contribution in [0.4, 0.5) is 0 Å². The molecule has 0 N–H and O–H groups in total. The van der Waals surface area contributed by atoms with Crippen molar-refractivity contribution in [2.45, 2.75) is 12.8 Å². The summed E-state index contributed by atoms with van der Waals surface area (Å²) < 4.78 is 6.58. The third-order valence-electron chi connectivity index (χ3n) is 3.90. The van der Waals surface area contributed by atoms with Crippen LogP contribution >= 0.6 is 0 Å². The molecule has 2 aromatic rings. The summed E-state index contributed by atoms with van der Waals surface area (Å²) in [7, 11) is 1.40. The molecule has 1 aliphatic rings. The lowest BCUT2D eigenvalue weighted by molar-refractivity contribution is -0.146. The van der Waals surface area contributed by atoms with Gasteiger partial charge in [-0.15, -0.1) is 0 Å². The van der Waals surface area contributed by atoms with E-state index in [2.05, 4.69) is 4.98 Å². The van der Waals surface area contributed by atoms with Crippen LogP contribution in [0.2, 0.25) is 0 Å². The predicted octanol–water partition coefficient (Wildman–Crippen LogP) is 1.36. The van der Waals surface area contributed by atoms with Gasteiger partial charge in [-0.25, -0.2) is 4.98 Å². The lowest BCUT2D eigenvalue weighted by atomic mass is 9.97. The first-order valence-corrected chi connectivity index (χ1v) is 7.00. The maximum atomic E-state index is 12.4. The average Bonchev–Trinajstić information content (AvgIpc) is 2.97. The van der Waals surface area contributed by atoms with Gasteiger partial charge in [0.1, 0.15) is 11.3 Å². The Kier molecular flexibility index (Phi) is 3.60. The number of hydrogen-bond donors (Lipinski definition) is 0. The van der Waals surface area contributed by atoms with Crippen molar-refractivity contribution in [3.05, 3.63) is 36.3 Å². The lowest BCUT2D eigenvalue weighted by Gasteiger charge is -2.30. The minimum atomic E-state index is -0.185. The maximum Gasteiger partial charge on any atom is 0.308 e. The van der Waals surface area contributed by atoms with Crippen molar-refractivity contribution in [3.63, 3.8) is 0 Å². The summed E-state index contributed by atoms with van der Waals surface area (Å²) in [6, 6.07) is 5.64. The van der Waals surface area contributed by atoms with E-state index >= 15 is 0 Å². The van der Waals surface area contributed by atoms with Gasteiger partial charge in [0, 0.05) is 25.5 Å². The van der Waals surface area contributed by atoms with Crippen LogP contribution in [0.25, 0.3) is 5.65 Å². The monoisotopic (exact) mass is 287 g/mol. The highest BCUT2D eigenvalue weighted by molar-refractivity contribution is 5.93. The number of rotatable bonds is 2. The molecule has 0 aliphatic carbocycles. The normalized spacial score (nSPS) is 16.1. The van der Waals surface area contributed by atoms with Crippen molar-refractivity contribution in [2.75, 3.05) is 20.2 Å². The second-order valence-corrected chi connectivity index (χ2v) is 5.18. The number of nitrogens with zero attached hydrogens (tertiary/aromatic N) is 3. The Morgan fingerprint density at radius 3 is 2.71 bits per heavy atom. The Morgan fingerprint density at radius 1 is 1.29 bits per heavy atom. The van der Waals surface area contributed by atoms with E-state index in [0.717, 1.165) is 5.65 Å². The van der Waals surface area contributed by atoms with E-state index in [-0.39, 0.29) is 17.8 Å². The van der Waals surface area contributed by atoms with E-state index < -0.39 is 0 Å². The van der Waals surface area contributed by atoms with E-state index in [9.17, 15) is 9.59 Å². The largest absolute Gasteiger partial charge is 0.469 e. The topological polar surface area (TPSA) is 63.9 Å². The Labute approximate surface area is 122 Å². The average molecular weight is 287 g/mol. The summed E-state index contributed by atoms with van der Waals surface area (Å²) in [5.41, 5.74) is 1.20. The zero-order chi connectivity index (χ0) is 14.8. The van der Waals surface area contributed by atoms with Gasteiger partial charge in [-0.2, -0.15) is 0 Å². The Hall–Kier alpha value is -2.37. The second-order valence-electron chi connectivity index (χ2n) is 5.18. The van der Waals surface area contributed by atoms with E-state index in [1.165, 1.54) is 7.11 Å². The molecule has 0 bridgehead atoms. The summed E-state index contributed by atoms with van der Waals surface area (Å²) in [5, 5.41) is 0. The molecule has 0 aromatic carbocycles. The number of fused-ring (bicyclic) bond motifs is 1. The van der Waals surface area contributed by atoms with Crippen molar-refractivity contribution in [1.29, 1.82) is 0 Å². The molecule has 6 heteroatoms. The fourth-order valence-corrected chi connectivity index (χ4v) is 2.68. The molecule has 3 heterocycles. The van der Waals surface area contributed by atoms with Gasteiger partial charge in [0.2, 0.25) is 0 Å². The SMILES string of the molecule is COC(=O)C1CCN(C(=O)c2cn3ccccc3n2)CC1. The van der Waals surface area contributed by atoms with Crippen molar-refractivity contribution in [2.24, 2.45) is 5.92 Å². The van der Waals surface area contributed by atoms with Crippen LogP contribution in [0.1, 0.15) is 23.3 Å². The molecule has 110 valence electrons. The number of hydrogen-bond acceptors (Lipinski definition) is 4. The fourth-order valence-electron chi connectivity index (χ4n) is 2.68. The van der Waals surface area contributed by atoms with Crippen LogP contribution < -0.4 is 0 Å². The molecule has 0 unspecified atom stereocenters. The standard InChI is InChI=1S/C15H17N3O3/c1-21-15(20)11-5-8-17(9-6-11)14(19)12-10-18-7-3-2-4-13(18)16-12/h2-4,7,10-11H,5-6,8-9H2,1H3. The van der Waals surface area contributed by atoms with Gasteiger partial charge >= 0.3 is 5.97 Å². The van der Waals surface area contributed by atoms with Crippen LogP contribution in [0.3, 0.4) is 0 Å². The molecular formula is C15H17N3O3. The highest BCUT2D eigenvalue weighted by atomic mass is 16.5. The molecule has 1 fully saturated rings. The molecule has 6 nitrogen and oxygen atoms in total. The zero-order valence-corrected chi connectivity index (χ0v) is 11.9. The fraction of sp³-hybridized carbons (Fsp3) is 0.400. The minimum Gasteiger partial charge on any atom is -0.469 e.